The second-order valence-electron chi connectivity index (χ2n) is 6.63. The van der Waals surface area contributed by atoms with Gasteiger partial charge in [-0.25, -0.2) is 13.2 Å². The molecule has 0 spiro atoms. The van der Waals surface area contributed by atoms with Crippen LogP contribution in [0.3, 0.4) is 0 Å². The molecule has 27 heavy (non-hydrogen) atoms. The number of benzene rings is 2. The summed E-state index contributed by atoms with van der Waals surface area (Å²) in [5.41, 5.74) is 0.801. The topological polar surface area (TPSA) is 86.8 Å². The molecule has 2 saturated heterocycles. The van der Waals surface area contributed by atoms with Crippen LogP contribution in [-0.4, -0.2) is 48.2 Å². The number of carbonyl (C=O) groups excluding carboxylic acids is 2. The molecule has 0 bridgehead atoms. The van der Waals surface area contributed by atoms with Gasteiger partial charge in [0, 0.05) is 6.54 Å². The van der Waals surface area contributed by atoms with E-state index in [4.69, 9.17) is 0 Å². The van der Waals surface area contributed by atoms with Crippen LogP contribution in [0.1, 0.15) is 12.0 Å². The minimum absolute atomic E-state index is 0.105. The lowest BCUT2D eigenvalue weighted by atomic mass is 10.1. The molecular formula is C19H19N3O4S. The molecule has 2 aliphatic heterocycles. The molecule has 2 heterocycles. The third-order valence-corrected chi connectivity index (χ3v) is 6.85. The molecule has 2 aromatic rings. The lowest BCUT2D eigenvalue weighted by Crippen LogP contribution is -2.64. The first-order valence-electron chi connectivity index (χ1n) is 8.71. The Balaban J connectivity index is 1.64. The van der Waals surface area contributed by atoms with E-state index in [2.05, 4.69) is 5.32 Å². The summed E-state index contributed by atoms with van der Waals surface area (Å²) in [5, 5.41) is 2.79. The van der Waals surface area contributed by atoms with Crippen molar-refractivity contribution in [3.8, 4) is 0 Å². The van der Waals surface area contributed by atoms with Crippen molar-refractivity contribution in [3.05, 3.63) is 66.2 Å². The van der Waals surface area contributed by atoms with Crippen molar-refractivity contribution in [1.29, 1.82) is 0 Å². The van der Waals surface area contributed by atoms with Gasteiger partial charge in [0.05, 0.1) is 17.5 Å². The van der Waals surface area contributed by atoms with Gasteiger partial charge in [0.25, 0.3) is 5.91 Å². The molecule has 2 aromatic carbocycles. The summed E-state index contributed by atoms with van der Waals surface area (Å²) < 4.78 is 27.3. The van der Waals surface area contributed by atoms with Gasteiger partial charge in [0.15, 0.2) is 0 Å². The summed E-state index contributed by atoms with van der Waals surface area (Å²) >= 11 is 0. The maximum Gasteiger partial charge on any atom is 0.324 e. The van der Waals surface area contributed by atoms with Gasteiger partial charge in [0.2, 0.25) is 10.0 Å². The highest BCUT2D eigenvalue weighted by molar-refractivity contribution is 7.89. The first kappa shape index (κ1) is 17.7. The van der Waals surface area contributed by atoms with Gasteiger partial charge in [-0.15, -0.1) is 0 Å². The summed E-state index contributed by atoms with van der Waals surface area (Å²) in [6.07, 6.45) is 0.410. The number of nitrogens with one attached hydrogen (secondary N) is 1. The second-order valence-corrected chi connectivity index (χ2v) is 8.52. The molecule has 7 nitrogen and oxygen atoms in total. The summed E-state index contributed by atoms with van der Waals surface area (Å²) in [7, 11) is -3.82. The summed E-state index contributed by atoms with van der Waals surface area (Å²) in [6.45, 7) is 0.297. The van der Waals surface area contributed by atoms with Crippen molar-refractivity contribution < 1.29 is 18.0 Å². The number of sulfonamides is 1. The van der Waals surface area contributed by atoms with Gasteiger partial charge in [0.1, 0.15) is 6.04 Å². The number of fused-ring (bicyclic) bond motifs is 1. The summed E-state index contributed by atoms with van der Waals surface area (Å²) in [4.78, 5) is 26.7. The molecular weight excluding hydrogens is 366 g/mol. The predicted molar refractivity (Wildman–Crippen MR) is 98.1 cm³/mol. The number of imide groups is 1. The Hall–Kier alpha value is -2.71. The van der Waals surface area contributed by atoms with Crippen LogP contribution in [-0.2, 0) is 21.4 Å². The van der Waals surface area contributed by atoms with Crippen LogP contribution in [0.25, 0.3) is 0 Å². The van der Waals surface area contributed by atoms with Crippen LogP contribution in [0.4, 0.5) is 4.79 Å². The Bertz CT molecular complexity index is 963. The quantitative estimate of drug-likeness (QED) is 0.866. The maximum absolute atomic E-state index is 13.1. The highest BCUT2D eigenvalue weighted by atomic mass is 32.2. The number of urea groups is 1. The molecule has 0 radical (unpaired) electrons. The Morgan fingerprint density at radius 2 is 1.59 bits per heavy atom. The molecule has 8 heteroatoms. The van der Waals surface area contributed by atoms with E-state index in [-0.39, 0.29) is 18.0 Å². The molecule has 2 atom stereocenters. The Morgan fingerprint density at radius 3 is 2.26 bits per heavy atom. The third-order valence-electron chi connectivity index (χ3n) is 4.96. The fraction of sp³-hybridized carbons (Fsp3) is 0.263. The van der Waals surface area contributed by atoms with Crippen molar-refractivity contribution >= 4 is 22.0 Å². The zero-order chi connectivity index (χ0) is 19.0. The Kier molecular flexibility index (Phi) is 4.45. The molecule has 0 unspecified atom stereocenters. The summed E-state index contributed by atoms with van der Waals surface area (Å²) in [5.74, 6) is -0.482. The van der Waals surface area contributed by atoms with Crippen molar-refractivity contribution in [2.45, 2.75) is 29.9 Å². The van der Waals surface area contributed by atoms with Gasteiger partial charge in [-0.1, -0.05) is 48.5 Å². The van der Waals surface area contributed by atoms with Gasteiger partial charge in [-0.2, -0.15) is 4.31 Å². The molecule has 3 amide bonds. The monoisotopic (exact) mass is 385 g/mol. The standard InChI is InChI=1S/C19H19N3O4S/c23-18-17-16(20-19(24)21(18)13-14-7-3-1-4-8-14)11-12-22(17)27(25,26)15-9-5-2-6-10-15/h1-10,16-17H,11-13H2,(H,20,24)/t16-,17+/m1/s1. The van der Waals surface area contributed by atoms with Crippen molar-refractivity contribution in [1.82, 2.24) is 14.5 Å². The zero-order valence-corrected chi connectivity index (χ0v) is 15.3. The minimum Gasteiger partial charge on any atom is -0.333 e. The van der Waals surface area contributed by atoms with Crippen LogP contribution in [0.15, 0.2) is 65.6 Å². The number of carbonyl (C=O) groups is 2. The largest absolute Gasteiger partial charge is 0.333 e. The van der Waals surface area contributed by atoms with Crippen LogP contribution in [0.2, 0.25) is 0 Å². The molecule has 0 saturated carbocycles. The third kappa shape index (κ3) is 3.11. The zero-order valence-electron chi connectivity index (χ0n) is 14.5. The molecule has 2 fully saturated rings. The van der Waals surface area contributed by atoms with Crippen LogP contribution in [0, 0.1) is 0 Å². The lowest BCUT2D eigenvalue weighted by Gasteiger charge is -2.36. The Morgan fingerprint density at radius 1 is 0.963 bits per heavy atom. The summed E-state index contributed by atoms with van der Waals surface area (Å²) in [6, 6.07) is 15.3. The van der Waals surface area contributed by atoms with Gasteiger partial charge in [-0.05, 0) is 24.1 Å². The van der Waals surface area contributed by atoms with Crippen molar-refractivity contribution in [2.75, 3.05) is 6.54 Å². The molecule has 140 valence electrons. The normalized spacial score (nSPS) is 23.2. The Labute approximate surface area is 157 Å². The van der Waals surface area contributed by atoms with Crippen LogP contribution >= 0.6 is 0 Å². The SMILES string of the molecule is O=C1N[C@@H]2CCN(S(=O)(=O)c3ccccc3)[C@@H]2C(=O)N1Cc1ccccc1. The first-order chi connectivity index (χ1) is 13.0. The molecule has 4 rings (SSSR count). The fourth-order valence-electron chi connectivity index (χ4n) is 3.62. The molecule has 0 aromatic heterocycles. The van der Waals surface area contributed by atoms with E-state index < -0.39 is 34.0 Å². The number of nitrogens with zero attached hydrogens (tertiary/aromatic N) is 2. The van der Waals surface area contributed by atoms with Crippen molar-refractivity contribution in [3.63, 3.8) is 0 Å². The van der Waals surface area contributed by atoms with Crippen molar-refractivity contribution in [2.24, 2.45) is 0 Å². The van der Waals surface area contributed by atoms with E-state index in [1.54, 1.807) is 18.2 Å². The predicted octanol–water partition coefficient (Wildman–Crippen LogP) is 1.57. The van der Waals surface area contributed by atoms with E-state index >= 15 is 0 Å². The number of rotatable bonds is 4. The van der Waals surface area contributed by atoms with E-state index in [0.29, 0.717) is 6.42 Å². The highest BCUT2D eigenvalue weighted by Crippen LogP contribution is 2.30. The molecule has 1 N–H and O–H groups in total. The smallest absolute Gasteiger partial charge is 0.324 e. The fourth-order valence-corrected chi connectivity index (χ4v) is 5.27. The lowest BCUT2D eigenvalue weighted by molar-refractivity contribution is -0.134. The number of amides is 3. The molecule has 0 aliphatic carbocycles. The van der Waals surface area contributed by atoms with E-state index in [0.717, 1.165) is 10.5 Å². The number of hydrogen-bond donors (Lipinski definition) is 1. The average molecular weight is 385 g/mol. The average Bonchev–Trinajstić information content (AvgIpc) is 3.11. The minimum atomic E-state index is -3.82. The maximum atomic E-state index is 13.1. The van der Waals surface area contributed by atoms with E-state index in [1.807, 2.05) is 30.3 Å². The number of hydrogen-bond acceptors (Lipinski definition) is 4. The van der Waals surface area contributed by atoms with Gasteiger partial charge < -0.3 is 5.32 Å². The molecule has 2 aliphatic rings. The van der Waals surface area contributed by atoms with E-state index in [9.17, 15) is 18.0 Å². The highest BCUT2D eigenvalue weighted by Gasteiger charge is 2.51. The first-order valence-corrected chi connectivity index (χ1v) is 10.2. The van der Waals surface area contributed by atoms with Gasteiger partial charge in [-0.3, -0.25) is 9.69 Å². The second kappa shape index (κ2) is 6.79. The van der Waals surface area contributed by atoms with Gasteiger partial charge >= 0.3 is 6.03 Å². The van der Waals surface area contributed by atoms with Crippen LogP contribution in [0.5, 0.6) is 0 Å². The van der Waals surface area contributed by atoms with Crippen LogP contribution < -0.4 is 5.32 Å². The van der Waals surface area contributed by atoms with E-state index in [1.165, 1.54) is 16.4 Å².